The van der Waals surface area contributed by atoms with E-state index in [9.17, 15) is 4.39 Å². The summed E-state index contributed by atoms with van der Waals surface area (Å²) in [6, 6.07) is 10.8. The number of aryl methyl sites for hydroxylation is 1. The van der Waals surface area contributed by atoms with Gasteiger partial charge in [-0.15, -0.1) is 0 Å². The average molecular weight is 420 g/mol. The van der Waals surface area contributed by atoms with Gasteiger partial charge in [0.1, 0.15) is 17.3 Å². The van der Waals surface area contributed by atoms with Gasteiger partial charge in [0.15, 0.2) is 0 Å². The molecule has 3 aromatic rings. The third-order valence-electron chi connectivity index (χ3n) is 4.38. The lowest BCUT2D eigenvalue weighted by molar-refractivity contribution is 0.303. The molecule has 4 nitrogen and oxygen atoms in total. The molecule has 0 atom stereocenters. The molecule has 0 aliphatic carbocycles. The zero-order valence-corrected chi connectivity index (χ0v) is 16.4. The van der Waals surface area contributed by atoms with Crippen LogP contribution in [0.5, 0.6) is 5.75 Å². The van der Waals surface area contributed by atoms with Gasteiger partial charge in [-0.3, -0.25) is 4.68 Å². The van der Waals surface area contributed by atoms with E-state index in [0.717, 1.165) is 47.6 Å². The smallest absolute Gasteiger partial charge is 0.136 e. The highest BCUT2D eigenvalue weighted by Crippen LogP contribution is 2.32. The summed E-state index contributed by atoms with van der Waals surface area (Å²) in [6.07, 6.45) is 4.17. The van der Waals surface area contributed by atoms with E-state index >= 15 is 0 Å². The highest BCUT2D eigenvalue weighted by molar-refractivity contribution is 9.10. The molecule has 2 N–H and O–H groups in total. The van der Waals surface area contributed by atoms with Crippen LogP contribution in [0.1, 0.15) is 25.7 Å². The second-order valence-electron chi connectivity index (χ2n) is 6.33. The van der Waals surface area contributed by atoms with Crippen LogP contribution in [0.4, 0.5) is 4.39 Å². The van der Waals surface area contributed by atoms with Crippen LogP contribution in [0, 0.1) is 5.82 Å². The first kappa shape index (κ1) is 18.9. The largest absolute Gasteiger partial charge is 0.493 e. The van der Waals surface area contributed by atoms with E-state index < -0.39 is 0 Å². The van der Waals surface area contributed by atoms with Crippen LogP contribution in [0.2, 0.25) is 0 Å². The van der Waals surface area contributed by atoms with E-state index in [4.69, 9.17) is 10.5 Å². The zero-order valence-electron chi connectivity index (χ0n) is 14.8. The van der Waals surface area contributed by atoms with Crippen molar-refractivity contribution < 1.29 is 9.13 Å². The summed E-state index contributed by atoms with van der Waals surface area (Å²) in [5.41, 5.74) is 7.54. The third-order valence-corrected chi connectivity index (χ3v) is 4.87. The molecule has 0 radical (unpaired) electrons. The predicted molar refractivity (Wildman–Crippen MR) is 107 cm³/mol. The summed E-state index contributed by atoms with van der Waals surface area (Å²) >= 11 is 3.46. The van der Waals surface area contributed by atoms with Gasteiger partial charge in [-0.25, -0.2) is 4.39 Å². The average Bonchev–Trinajstić information content (AvgIpc) is 2.94. The Morgan fingerprint density at radius 3 is 2.69 bits per heavy atom. The maximum Gasteiger partial charge on any atom is 0.136 e. The Hall–Kier alpha value is -1.92. The fourth-order valence-corrected chi connectivity index (χ4v) is 3.35. The fraction of sp³-hybridized carbons (Fsp3) is 0.350. The minimum atomic E-state index is -0.325. The van der Waals surface area contributed by atoms with Crippen LogP contribution in [-0.2, 0) is 7.05 Å². The zero-order chi connectivity index (χ0) is 18.5. The molecule has 1 aromatic heterocycles. The first-order chi connectivity index (χ1) is 12.6. The minimum absolute atomic E-state index is 0.325. The summed E-state index contributed by atoms with van der Waals surface area (Å²) in [5.74, 6) is 0.224. The number of ether oxygens (including phenoxy) is 1. The quantitative estimate of drug-likeness (QED) is 0.520. The van der Waals surface area contributed by atoms with Gasteiger partial charge in [0.2, 0.25) is 0 Å². The fourth-order valence-electron chi connectivity index (χ4n) is 3.00. The molecular formula is C20H23BrFN3O. The Labute approximate surface area is 161 Å². The predicted octanol–water partition coefficient (Wildman–Crippen LogP) is 5.04. The molecule has 2 aromatic carbocycles. The summed E-state index contributed by atoms with van der Waals surface area (Å²) < 4.78 is 23.1. The topological polar surface area (TPSA) is 53.1 Å². The van der Waals surface area contributed by atoms with Crippen molar-refractivity contribution in [1.82, 2.24) is 9.78 Å². The molecule has 138 valence electrons. The molecule has 0 spiro atoms. The normalized spacial score (nSPS) is 11.2. The van der Waals surface area contributed by atoms with Crippen molar-refractivity contribution in [2.45, 2.75) is 25.7 Å². The van der Waals surface area contributed by atoms with Crippen LogP contribution in [0.15, 0.2) is 40.9 Å². The van der Waals surface area contributed by atoms with Gasteiger partial charge in [0.25, 0.3) is 0 Å². The lowest BCUT2D eigenvalue weighted by Gasteiger charge is -2.08. The van der Waals surface area contributed by atoms with Gasteiger partial charge in [-0.05, 0) is 49.7 Å². The Morgan fingerprint density at radius 1 is 1.12 bits per heavy atom. The summed E-state index contributed by atoms with van der Waals surface area (Å²) in [5, 5.41) is 5.42. The van der Waals surface area contributed by atoms with Gasteiger partial charge in [0, 0.05) is 28.5 Å². The summed E-state index contributed by atoms with van der Waals surface area (Å²) in [7, 11) is 1.86. The van der Waals surface area contributed by atoms with Crippen molar-refractivity contribution in [2.24, 2.45) is 12.8 Å². The molecule has 0 amide bonds. The number of rotatable bonds is 8. The van der Waals surface area contributed by atoms with E-state index in [2.05, 4.69) is 21.0 Å². The van der Waals surface area contributed by atoms with Crippen LogP contribution in [-0.4, -0.2) is 22.9 Å². The number of hydrogen-bond acceptors (Lipinski definition) is 3. The second kappa shape index (κ2) is 8.64. The van der Waals surface area contributed by atoms with Crippen LogP contribution in [0.3, 0.4) is 0 Å². The van der Waals surface area contributed by atoms with E-state index in [1.54, 1.807) is 16.8 Å². The molecule has 0 saturated heterocycles. The van der Waals surface area contributed by atoms with Crippen LogP contribution in [0.25, 0.3) is 22.2 Å². The number of nitrogens with zero attached hydrogens (tertiary/aromatic N) is 2. The van der Waals surface area contributed by atoms with Gasteiger partial charge >= 0.3 is 0 Å². The van der Waals surface area contributed by atoms with Crippen molar-refractivity contribution in [1.29, 1.82) is 0 Å². The first-order valence-electron chi connectivity index (χ1n) is 8.85. The molecule has 26 heavy (non-hydrogen) atoms. The standard InChI is InChI=1S/C20H23BrFN3O/c1-25-19-12-14(21)6-8-17(19)20(24-25)16-9-7-15(13-18(16)22)26-11-5-3-2-4-10-23/h6-9,12-13H,2-5,10-11,23H2,1H3. The Kier molecular flexibility index (Phi) is 6.27. The molecule has 6 heteroatoms. The Balaban J connectivity index is 1.74. The van der Waals surface area contributed by atoms with E-state index in [-0.39, 0.29) is 5.82 Å². The van der Waals surface area contributed by atoms with Crippen molar-refractivity contribution in [3.05, 3.63) is 46.7 Å². The molecule has 0 fully saturated rings. The van der Waals surface area contributed by atoms with Crippen molar-refractivity contribution in [3.8, 4) is 17.0 Å². The monoisotopic (exact) mass is 419 g/mol. The van der Waals surface area contributed by atoms with Gasteiger partial charge in [-0.2, -0.15) is 5.10 Å². The third kappa shape index (κ3) is 4.24. The Morgan fingerprint density at radius 2 is 1.92 bits per heavy atom. The molecule has 0 aliphatic rings. The van der Waals surface area contributed by atoms with Gasteiger partial charge in [-0.1, -0.05) is 28.8 Å². The van der Waals surface area contributed by atoms with E-state index in [1.807, 2.05) is 25.2 Å². The number of fused-ring (bicyclic) bond motifs is 1. The lowest BCUT2D eigenvalue weighted by Crippen LogP contribution is -2.00. The second-order valence-corrected chi connectivity index (χ2v) is 7.24. The maximum absolute atomic E-state index is 14.7. The van der Waals surface area contributed by atoms with Crippen molar-refractivity contribution >= 4 is 26.8 Å². The van der Waals surface area contributed by atoms with E-state index in [1.165, 1.54) is 6.07 Å². The first-order valence-corrected chi connectivity index (χ1v) is 9.64. The molecular weight excluding hydrogens is 397 g/mol. The van der Waals surface area contributed by atoms with Gasteiger partial charge in [0.05, 0.1) is 12.1 Å². The van der Waals surface area contributed by atoms with Gasteiger partial charge < -0.3 is 10.5 Å². The highest BCUT2D eigenvalue weighted by Gasteiger charge is 2.15. The number of nitrogens with two attached hydrogens (primary N) is 1. The lowest BCUT2D eigenvalue weighted by atomic mass is 10.1. The molecule has 0 bridgehead atoms. The SMILES string of the molecule is Cn1nc(-c2ccc(OCCCCCCN)cc2F)c2ccc(Br)cc21. The minimum Gasteiger partial charge on any atom is -0.493 e. The van der Waals surface area contributed by atoms with Crippen molar-refractivity contribution in [3.63, 3.8) is 0 Å². The maximum atomic E-state index is 14.7. The summed E-state index contributed by atoms with van der Waals surface area (Å²) in [4.78, 5) is 0. The van der Waals surface area contributed by atoms with Crippen LogP contribution >= 0.6 is 15.9 Å². The van der Waals surface area contributed by atoms with Crippen LogP contribution < -0.4 is 10.5 Å². The number of hydrogen-bond donors (Lipinski definition) is 1. The highest BCUT2D eigenvalue weighted by atomic mass is 79.9. The van der Waals surface area contributed by atoms with Crippen molar-refractivity contribution in [2.75, 3.05) is 13.2 Å². The Bertz CT molecular complexity index is 894. The number of benzene rings is 2. The summed E-state index contributed by atoms with van der Waals surface area (Å²) in [6.45, 7) is 1.32. The number of unbranched alkanes of at least 4 members (excludes halogenated alkanes) is 3. The molecule has 0 aliphatic heterocycles. The number of halogens is 2. The molecule has 0 unspecified atom stereocenters. The number of aromatic nitrogens is 2. The molecule has 3 rings (SSSR count). The van der Waals surface area contributed by atoms with E-state index in [0.29, 0.717) is 23.6 Å². The molecule has 0 saturated carbocycles. The molecule has 1 heterocycles.